The lowest BCUT2D eigenvalue weighted by Crippen LogP contribution is -2.42. The highest BCUT2D eigenvalue weighted by Gasteiger charge is 2.20. The molecule has 0 aromatic heterocycles. The van der Waals surface area contributed by atoms with Gasteiger partial charge in [0.25, 0.3) is 0 Å². The summed E-state index contributed by atoms with van der Waals surface area (Å²) in [5, 5.41) is 3.23. The smallest absolute Gasteiger partial charge is 0.323 e. The van der Waals surface area contributed by atoms with Crippen LogP contribution >= 0.6 is 0 Å². The Balaban J connectivity index is 2.58. The number of nitrogens with one attached hydrogen (secondary N) is 1. The molecule has 0 aliphatic carbocycles. The molecule has 0 bridgehead atoms. The van der Waals surface area contributed by atoms with Gasteiger partial charge < -0.3 is 14.8 Å². The highest BCUT2D eigenvalue weighted by molar-refractivity contribution is 5.75. The van der Waals surface area contributed by atoms with Crippen LogP contribution in [0.2, 0.25) is 0 Å². The van der Waals surface area contributed by atoms with Crippen molar-refractivity contribution in [1.82, 2.24) is 5.32 Å². The first-order valence-electron chi connectivity index (χ1n) is 7.57. The predicted octanol–water partition coefficient (Wildman–Crippen LogP) is 3.00. The van der Waals surface area contributed by atoms with Crippen molar-refractivity contribution in [3.63, 3.8) is 0 Å². The Labute approximate surface area is 127 Å². The summed E-state index contributed by atoms with van der Waals surface area (Å²) in [5.41, 5.74) is 2.22. The molecule has 1 aromatic rings. The van der Waals surface area contributed by atoms with E-state index in [2.05, 4.69) is 5.32 Å². The second-order valence-corrected chi connectivity index (χ2v) is 5.48. The van der Waals surface area contributed by atoms with E-state index in [1.54, 1.807) is 0 Å². The van der Waals surface area contributed by atoms with Crippen molar-refractivity contribution < 1.29 is 14.3 Å². The molecule has 1 rings (SSSR count). The number of aryl methyl sites for hydroxylation is 2. The molecule has 1 unspecified atom stereocenters. The van der Waals surface area contributed by atoms with Crippen LogP contribution < -0.4 is 10.1 Å². The molecule has 1 aromatic carbocycles. The predicted molar refractivity (Wildman–Crippen MR) is 84.7 cm³/mol. The van der Waals surface area contributed by atoms with Crippen molar-refractivity contribution in [1.29, 1.82) is 0 Å². The van der Waals surface area contributed by atoms with E-state index in [0.29, 0.717) is 19.6 Å². The Morgan fingerprint density at radius 2 is 1.86 bits per heavy atom. The Morgan fingerprint density at radius 1 is 1.24 bits per heavy atom. The van der Waals surface area contributed by atoms with E-state index >= 15 is 0 Å². The molecule has 0 amide bonds. The fourth-order valence-electron chi connectivity index (χ4n) is 2.22. The SMILES string of the molecule is CCOC(=O)C(CCOc1c(C)cccc1C)NC(C)C. The van der Waals surface area contributed by atoms with Gasteiger partial charge in [-0.3, -0.25) is 4.79 Å². The quantitative estimate of drug-likeness (QED) is 0.749. The Kier molecular flexibility index (Phi) is 7.23. The molecule has 118 valence electrons. The van der Waals surface area contributed by atoms with Crippen molar-refractivity contribution in [2.24, 2.45) is 0 Å². The highest BCUT2D eigenvalue weighted by Crippen LogP contribution is 2.22. The van der Waals surface area contributed by atoms with Crippen LogP contribution in [0.3, 0.4) is 0 Å². The highest BCUT2D eigenvalue weighted by atomic mass is 16.5. The van der Waals surface area contributed by atoms with E-state index in [4.69, 9.17) is 9.47 Å². The number of esters is 1. The van der Waals surface area contributed by atoms with Gasteiger partial charge in [-0.15, -0.1) is 0 Å². The van der Waals surface area contributed by atoms with Gasteiger partial charge in [0.15, 0.2) is 0 Å². The molecule has 4 nitrogen and oxygen atoms in total. The zero-order chi connectivity index (χ0) is 15.8. The largest absolute Gasteiger partial charge is 0.493 e. The molecule has 0 fully saturated rings. The minimum Gasteiger partial charge on any atom is -0.493 e. The second kappa shape index (κ2) is 8.67. The standard InChI is InChI=1S/C17H27NO3/c1-6-20-17(19)15(18-12(2)3)10-11-21-16-13(4)8-7-9-14(16)5/h7-9,12,15,18H,6,10-11H2,1-5H3. The van der Waals surface area contributed by atoms with Gasteiger partial charge in [-0.1, -0.05) is 32.0 Å². The van der Waals surface area contributed by atoms with Gasteiger partial charge in [0.05, 0.1) is 13.2 Å². The maximum Gasteiger partial charge on any atom is 0.323 e. The molecule has 0 saturated carbocycles. The van der Waals surface area contributed by atoms with Crippen molar-refractivity contribution in [3.8, 4) is 5.75 Å². The summed E-state index contributed by atoms with van der Waals surface area (Å²) in [6, 6.07) is 5.96. The summed E-state index contributed by atoms with van der Waals surface area (Å²) in [4.78, 5) is 11.9. The Bertz CT molecular complexity index is 437. The van der Waals surface area contributed by atoms with Crippen LogP contribution in [0.15, 0.2) is 18.2 Å². The Hall–Kier alpha value is -1.55. The summed E-state index contributed by atoms with van der Waals surface area (Å²) in [7, 11) is 0. The number of ether oxygens (including phenoxy) is 2. The van der Waals surface area contributed by atoms with Crippen LogP contribution in [0.25, 0.3) is 0 Å². The van der Waals surface area contributed by atoms with E-state index < -0.39 is 0 Å². The first-order chi connectivity index (χ1) is 9.95. The summed E-state index contributed by atoms with van der Waals surface area (Å²) >= 11 is 0. The van der Waals surface area contributed by atoms with Crippen molar-refractivity contribution in [3.05, 3.63) is 29.3 Å². The number of carbonyl (C=O) groups is 1. The summed E-state index contributed by atoms with van der Waals surface area (Å²) < 4.78 is 11.0. The maximum absolute atomic E-state index is 11.9. The van der Waals surface area contributed by atoms with Crippen LogP contribution in [0.5, 0.6) is 5.75 Å². The molecule has 0 radical (unpaired) electrons. The Morgan fingerprint density at radius 3 is 2.38 bits per heavy atom. The fraction of sp³-hybridized carbons (Fsp3) is 0.588. The summed E-state index contributed by atoms with van der Waals surface area (Å²) in [6.07, 6.45) is 0.588. The fourth-order valence-corrected chi connectivity index (χ4v) is 2.22. The molecule has 1 atom stereocenters. The molecular weight excluding hydrogens is 266 g/mol. The molecule has 0 aliphatic heterocycles. The normalized spacial score (nSPS) is 12.3. The van der Waals surface area contributed by atoms with Gasteiger partial charge in [-0.05, 0) is 31.9 Å². The number of benzene rings is 1. The van der Waals surface area contributed by atoms with Gasteiger partial charge in [0.2, 0.25) is 0 Å². The zero-order valence-corrected chi connectivity index (χ0v) is 13.7. The lowest BCUT2D eigenvalue weighted by atomic mass is 10.1. The average molecular weight is 293 g/mol. The lowest BCUT2D eigenvalue weighted by Gasteiger charge is -2.20. The van der Waals surface area contributed by atoms with Crippen LogP contribution in [-0.2, 0) is 9.53 Å². The average Bonchev–Trinajstić information content (AvgIpc) is 2.40. The van der Waals surface area contributed by atoms with Crippen LogP contribution in [0, 0.1) is 13.8 Å². The van der Waals surface area contributed by atoms with E-state index in [1.165, 1.54) is 0 Å². The van der Waals surface area contributed by atoms with Gasteiger partial charge in [-0.25, -0.2) is 0 Å². The first kappa shape index (κ1) is 17.5. The first-order valence-corrected chi connectivity index (χ1v) is 7.57. The number of hydrogen-bond donors (Lipinski definition) is 1. The number of para-hydroxylation sites is 1. The minimum atomic E-state index is -0.325. The number of carbonyl (C=O) groups excluding carboxylic acids is 1. The molecule has 4 heteroatoms. The van der Waals surface area contributed by atoms with E-state index in [9.17, 15) is 4.79 Å². The van der Waals surface area contributed by atoms with Gasteiger partial charge in [0.1, 0.15) is 11.8 Å². The van der Waals surface area contributed by atoms with E-state index in [0.717, 1.165) is 16.9 Å². The monoisotopic (exact) mass is 293 g/mol. The molecular formula is C17H27NO3. The van der Waals surface area contributed by atoms with Crippen LogP contribution in [-0.4, -0.2) is 31.3 Å². The van der Waals surface area contributed by atoms with Gasteiger partial charge in [0, 0.05) is 12.5 Å². The van der Waals surface area contributed by atoms with Gasteiger partial charge >= 0.3 is 5.97 Å². The number of rotatable bonds is 8. The van der Waals surface area contributed by atoms with Crippen molar-refractivity contribution >= 4 is 5.97 Å². The van der Waals surface area contributed by atoms with Crippen molar-refractivity contribution in [2.45, 2.75) is 53.1 Å². The van der Waals surface area contributed by atoms with Crippen LogP contribution in [0.1, 0.15) is 38.3 Å². The second-order valence-electron chi connectivity index (χ2n) is 5.48. The van der Waals surface area contributed by atoms with Crippen LogP contribution in [0.4, 0.5) is 0 Å². The topological polar surface area (TPSA) is 47.6 Å². The third-order valence-corrected chi connectivity index (χ3v) is 3.17. The molecule has 1 N–H and O–H groups in total. The number of hydrogen-bond acceptors (Lipinski definition) is 4. The molecule has 0 spiro atoms. The third-order valence-electron chi connectivity index (χ3n) is 3.17. The van der Waals surface area contributed by atoms with E-state index in [-0.39, 0.29) is 18.1 Å². The molecule has 0 aliphatic rings. The molecule has 0 heterocycles. The molecule has 0 saturated heterocycles. The third kappa shape index (κ3) is 5.76. The van der Waals surface area contributed by atoms with Gasteiger partial charge in [-0.2, -0.15) is 0 Å². The summed E-state index contributed by atoms with van der Waals surface area (Å²) in [5.74, 6) is 0.695. The van der Waals surface area contributed by atoms with Crippen molar-refractivity contribution in [2.75, 3.05) is 13.2 Å². The minimum absolute atomic E-state index is 0.212. The maximum atomic E-state index is 11.9. The lowest BCUT2D eigenvalue weighted by molar-refractivity contribution is -0.146. The molecule has 21 heavy (non-hydrogen) atoms. The van der Waals surface area contributed by atoms with E-state index in [1.807, 2.05) is 52.8 Å². The zero-order valence-electron chi connectivity index (χ0n) is 13.7. The summed E-state index contributed by atoms with van der Waals surface area (Å²) in [6.45, 7) is 10.8.